The van der Waals surface area contributed by atoms with Gasteiger partial charge in [0.15, 0.2) is 0 Å². The Labute approximate surface area is 170 Å². The summed E-state index contributed by atoms with van der Waals surface area (Å²) < 4.78 is 0. The third-order valence-corrected chi connectivity index (χ3v) is 9.84. The van der Waals surface area contributed by atoms with Gasteiger partial charge < -0.3 is 10.2 Å². The van der Waals surface area contributed by atoms with E-state index in [-0.39, 0.29) is 5.41 Å². The Morgan fingerprint density at radius 3 is 2.79 bits per heavy atom. The van der Waals surface area contributed by atoms with Gasteiger partial charge in [-0.2, -0.15) is 0 Å². The second kappa shape index (κ2) is 7.11. The van der Waals surface area contributed by atoms with Crippen molar-refractivity contribution in [2.45, 2.75) is 90.5 Å². The average molecular weight is 387 g/mol. The maximum Gasteiger partial charge on any atom is 0.139 e. The van der Waals surface area contributed by atoms with Gasteiger partial charge in [0.2, 0.25) is 0 Å². The van der Waals surface area contributed by atoms with Crippen LogP contribution in [0.15, 0.2) is 5.16 Å². The lowest BCUT2D eigenvalue weighted by Crippen LogP contribution is -2.53. The van der Waals surface area contributed by atoms with Gasteiger partial charge in [0.05, 0.1) is 5.71 Å². The smallest absolute Gasteiger partial charge is 0.139 e. The maximum absolute atomic E-state index is 12.6. The second-order valence-electron chi connectivity index (χ2n) is 11.0. The molecule has 1 N–H and O–H groups in total. The summed E-state index contributed by atoms with van der Waals surface area (Å²) in [4.78, 5) is 18.3. The van der Waals surface area contributed by atoms with Gasteiger partial charge in [0.1, 0.15) is 12.4 Å². The number of nitrogens with one attached hydrogen (secondary N) is 1. The van der Waals surface area contributed by atoms with Crippen LogP contribution in [-0.2, 0) is 9.63 Å². The molecule has 5 aliphatic rings. The van der Waals surface area contributed by atoms with Crippen LogP contribution in [0.4, 0.5) is 0 Å². The summed E-state index contributed by atoms with van der Waals surface area (Å²) in [7, 11) is 0. The Hall–Kier alpha value is -0.900. The fourth-order valence-corrected chi connectivity index (χ4v) is 8.03. The summed E-state index contributed by atoms with van der Waals surface area (Å²) in [5.74, 6) is 3.59. The van der Waals surface area contributed by atoms with Gasteiger partial charge >= 0.3 is 0 Å². The second-order valence-corrected chi connectivity index (χ2v) is 11.0. The van der Waals surface area contributed by atoms with Crippen molar-refractivity contribution in [3.8, 4) is 0 Å². The lowest BCUT2D eigenvalue weighted by molar-refractivity contribution is -0.137. The Kier molecular flexibility index (Phi) is 4.84. The molecule has 1 heterocycles. The Bertz CT molecular complexity index is 655. The monoisotopic (exact) mass is 386 g/mol. The number of carbonyl (C=O) groups is 1. The number of fused-ring (bicyclic) bond motifs is 5. The van der Waals surface area contributed by atoms with Crippen molar-refractivity contribution in [2.75, 3.05) is 13.2 Å². The van der Waals surface area contributed by atoms with Crippen molar-refractivity contribution in [1.29, 1.82) is 0 Å². The van der Waals surface area contributed by atoms with Gasteiger partial charge in [-0.15, -0.1) is 0 Å². The van der Waals surface area contributed by atoms with E-state index < -0.39 is 0 Å². The van der Waals surface area contributed by atoms with Crippen LogP contribution in [0.1, 0.15) is 84.5 Å². The lowest BCUT2D eigenvalue weighted by atomic mass is 9.45. The molecule has 0 amide bonds. The number of hydrogen-bond acceptors (Lipinski definition) is 4. The quantitative estimate of drug-likeness (QED) is 0.714. The molecule has 1 aliphatic heterocycles. The summed E-state index contributed by atoms with van der Waals surface area (Å²) in [6.45, 7) is 6.72. The molecule has 0 aromatic rings. The van der Waals surface area contributed by atoms with E-state index in [1.165, 1.54) is 44.2 Å². The van der Waals surface area contributed by atoms with Crippen LogP contribution in [0.5, 0.6) is 0 Å². The highest BCUT2D eigenvalue weighted by atomic mass is 16.6. The van der Waals surface area contributed by atoms with E-state index in [4.69, 9.17) is 4.84 Å². The van der Waals surface area contributed by atoms with Gasteiger partial charge in [0, 0.05) is 17.9 Å². The van der Waals surface area contributed by atoms with Crippen molar-refractivity contribution in [3.63, 3.8) is 0 Å². The first kappa shape index (κ1) is 19.1. The van der Waals surface area contributed by atoms with Crippen molar-refractivity contribution in [3.05, 3.63) is 0 Å². The molecule has 0 spiro atoms. The van der Waals surface area contributed by atoms with Crippen molar-refractivity contribution >= 4 is 11.5 Å². The molecule has 7 atom stereocenters. The Morgan fingerprint density at radius 2 is 1.96 bits per heavy atom. The highest BCUT2D eigenvalue weighted by Crippen LogP contribution is 2.65. The first-order chi connectivity index (χ1) is 13.5. The molecule has 4 aliphatic carbocycles. The van der Waals surface area contributed by atoms with E-state index in [1.807, 2.05) is 0 Å². The first-order valence-corrected chi connectivity index (χ1v) is 11.9. The summed E-state index contributed by atoms with van der Waals surface area (Å²) in [6, 6.07) is 0.499. The molecule has 0 radical (unpaired) electrons. The number of carbonyl (C=O) groups excluding carboxylic acids is 1. The molecule has 4 saturated carbocycles. The molecule has 4 heteroatoms. The molecule has 0 aromatic heterocycles. The predicted molar refractivity (Wildman–Crippen MR) is 111 cm³/mol. The minimum atomic E-state index is 0.00770. The van der Waals surface area contributed by atoms with Gasteiger partial charge in [-0.1, -0.05) is 19.0 Å². The van der Waals surface area contributed by atoms with E-state index in [1.54, 1.807) is 0 Å². The van der Waals surface area contributed by atoms with E-state index in [0.717, 1.165) is 63.0 Å². The molecule has 0 aromatic carbocycles. The van der Waals surface area contributed by atoms with Crippen LogP contribution in [0.2, 0.25) is 0 Å². The van der Waals surface area contributed by atoms with Crippen LogP contribution in [0.3, 0.4) is 0 Å². The fourth-order valence-electron chi connectivity index (χ4n) is 8.03. The molecule has 5 rings (SSSR count). The zero-order valence-corrected chi connectivity index (χ0v) is 17.8. The number of oxime groups is 1. The van der Waals surface area contributed by atoms with Crippen molar-refractivity contribution < 1.29 is 9.63 Å². The maximum atomic E-state index is 12.6. The highest BCUT2D eigenvalue weighted by Gasteiger charge is 2.60. The first-order valence-electron chi connectivity index (χ1n) is 11.9. The zero-order valence-electron chi connectivity index (χ0n) is 17.8. The molecule has 156 valence electrons. The molecule has 5 fully saturated rings. The lowest BCUT2D eigenvalue weighted by Gasteiger charge is -2.59. The fraction of sp³-hybridized carbons (Fsp3) is 0.917. The molecular weight excluding hydrogens is 348 g/mol. The number of nitrogens with zero attached hydrogens (tertiary/aromatic N) is 1. The summed E-state index contributed by atoms with van der Waals surface area (Å²) in [5.41, 5.74) is 1.76. The molecular formula is C24H38N2O2. The number of Topliss-reactive ketones (excluding diaryl/α,β-unsaturated/α-hetero) is 1. The van der Waals surface area contributed by atoms with Gasteiger partial charge in [-0.05, 0) is 99.8 Å². The zero-order chi connectivity index (χ0) is 19.4. The Balaban J connectivity index is 1.25. The number of ketones is 1. The van der Waals surface area contributed by atoms with Gasteiger partial charge in [-0.3, -0.25) is 4.79 Å². The topological polar surface area (TPSA) is 50.7 Å². The number of rotatable bonds is 3. The molecule has 5 unspecified atom stereocenters. The van der Waals surface area contributed by atoms with Gasteiger partial charge in [-0.25, -0.2) is 0 Å². The van der Waals surface area contributed by atoms with E-state index >= 15 is 0 Å². The van der Waals surface area contributed by atoms with E-state index in [9.17, 15) is 4.79 Å². The van der Waals surface area contributed by atoms with E-state index in [2.05, 4.69) is 24.3 Å². The van der Waals surface area contributed by atoms with Crippen LogP contribution in [-0.4, -0.2) is 30.7 Å². The van der Waals surface area contributed by atoms with Gasteiger partial charge in [0.25, 0.3) is 0 Å². The molecule has 0 bridgehead atoms. The SMILES string of the molecule is C[C@]12CC/C(=N/OCC3CCCN3)CC1CCC1C2CC[C@]2(C)C(=O)CCC12. The average Bonchev–Trinajstić information content (AvgIpc) is 3.30. The molecule has 1 saturated heterocycles. The predicted octanol–water partition coefficient (Wildman–Crippen LogP) is 4.72. The van der Waals surface area contributed by atoms with Crippen LogP contribution >= 0.6 is 0 Å². The largest absolute Gasteiger partial charge is 0.394 e. The Morgan fingerprint density at radius 1 is 1.07 bits per heavy atom. The van der Waals surface area contributed by atoms with Crippen LogP contribution in [0, 0.1) is 34.5 Å². The van der Waals surface area contributed by atoms with E-state index in [0.29, 0.717) is 23.2 Å². The molecule has 4 nitrogen and oxygen atoms in total. The highest BCUT2D eigenvalue weighted by molar-refractivity contribution is 5.87. The van der Waals surface area contributed by atoms with Crippen molar-refractivity contribution in [2.24, 2.45) is 39.7 Å². The number of hydrogen-bond donors (Lipinski definition) is 1. The summed E-state index contributed by atoms with van der Waals surface area (Å²) in [6.07, 6.45) is 13.1. The molecule has 28 heavy (non-hydrogen) atoms. The van der Waals surface area contributed by atoms with Crippen LogP contribution < -0.4 is 5.32 Å². The minimum Gasteiger partial charge on any atom is -0.394 e. The normalized spacial score (nSPS) is 49.6. The van der Waals surface area contributed by atoms with Crippen molar-refractivity contribution in [1.82, 2.24) is 5.32 Å². The third kappa shape index (κ3) is 2.97. The third-order valence-electron chi connectivity index (χ3n) is 9.84. The summed E-state index contributed by atoms with van der Waals surface area (Å²) >= 11 is 0. The van der Waals surface area contributed by atoms with Crippen LogP contribution in [0.25, 0.3) is 0 Å². The standard InChI is InChI=1S/C24H38N2O2/c1-23-11-9-17(26-28-15-18-4-3-13-25-18)14-16(23)5-6-19-20-7-8-22(27)24(20,2)12-10-21(19)23/h16,18-21,25H,3-15H2,1-2H3/b26-17-/t16?,18?,19?,20?,21?,23-,24-/m0/s1. The minimum absolute atomic E-state index is 0.00770. The summed E-state index contributed by atoms with van der Waals surface area (Å²) in [5, 5.41) is 8.06.